The highest BCUT2D eigenvalue weighted by Crippen LogP contribution is 2.24. The van der Waals surface area contributed by atoms with Crippen LogP contribution in [-0.4, -0.2) is 34.0 Å². The number of halogens is 2. The predicted octanol–water partition coefficient (Wildman–Crippen LogP) is 3.36. The van der Waals surface area contributed by atoms with Crippen LogP contribution in [0, 0.1) is 12.7 Å². The standard InChI is InChI=1S/C20H21ClFN3O3/c1-11-3-2-4-15(17(11)26)19(27)24-13-5-7-14(8-6-13)25-20(28)16-9-12(22)10-23-18(16)21/h2-4,9-10,13-14,26H,5-8H2,1H3,(H,24,27)(H,25,28). The summed E-state index contributed by atoms with van der Waals surface area (Å²) in [6.45, 7) is 1.74. The van der Waals surface area contributed by atoms with Crippen LogP contribution in [0.5, 0.6) is 5.75 Å². The lowest BCUT2D eigenvalue weighted by Gasteiger charge is -2.29. The molecule has 8 heteroatoms. The van der Waals surface area contributed by atoms with Gasteiger partial charge in [-0.25, -0.2) is 9.37 Å². The maximum Gasteiger partial charge on any atom is 0.255 e. The van der Waals surface area contributed by atoms with Crippen molar-refractivity contribution in [2.75, 3.05) is 0 Å². The molecule has 0 atom stereocenters. The van der Waals surface area contributed by atoms with Gasteiger partial charge in [-0.2, -0.15) is 0 Å². The number of aromatic nitrogens is 1. The Morgan fingerprint density at radius 3 is 2.29 bits per heavy atom. The highest BCUT2D eigenvalue weighted by atomic mass is 35.5. The van der Waals surface area contributed by atoms with E-state index in [2.05, 4.69) is 15.6 Å². The highest BCUT2D eigenvalue weighted by molar-refractivity contribution is 6.32. The third-order valence-corrected chi connectivity index (χ3v) is 5.23. The van der Waals surface area contributed by atoms with Crippen LogP contribution in [0.4, 0.5) is 4.39 Å². The van der Waals surface area contributed by atoms with Crippen molar-refractivity contribution in [3.8, 4) is 5.75 Å². The van der Waals surface area contributed by atoms with Gasteiger partial charge in [0.2, 0.25) is 0 Å². The first-order valence-corrected chi connectivity index (χ1v) is 9.44. The number of pyridine rings is 1. The van der Waals surface area contributed by atoms with Gasteiger partial charge in [0.25, 0.3) is 11.8 Å². The summed E-state index contributed by atoms with van der Waals surface area (Å²) >= 11 is 5.86. The second kappa shape index (κ2) is 8.56. The van der Waals surface area contributed by atoms with Crippen LogP contribution in [-0.2, 0) is 0 Å². The van der Waals surface area contributed by atoms with Gasteiger partial charge in [-0.15, -0.1) is 0 Å². The maximum atomic E-state index is 13.3. The van der Waals surface area contributed by atoms with Crippen molar-refractivity contribution in [2.24, 2.45) is 0 Å². The molecule has 1 aliphatic carbocycles. The number of carbonyl (C=O) groups is 2. The quantitative estimate of drug-likeness (QED) is 0.680. The number of nitrogens with one attached hydrogen (secondary N) is 2. The second-order valence-corrected chi connectivity index (χ2v) is 7.32. The highest BCUT2D eigenvalue weighted by Gasteiger charge is 2.25. The van der Waals surface area contributed by atoms with Crippen molar-refractivity contribution in [1.82, 2.24) is 15.6 Å². The average Bonchev–Trinajstić information content (AvgIpc) is 2.67. The third kappa shape index (κ3) is 4.59. The molecule has 3 N–H and O–H groups in total. The van der Waals surface area contributed by atoms with E-state index >= 15 is 0 Å². The van der Waals surface area contributed by atoms with Crippen LogP contribution in [0.2, 0.25) is 5.15 Å². The second-order valence-electron chi connectivity index (χ2n) is 6.96. The Bertz CT molecular complexity index is 874. The molecule has 0 radical (unpaired) electrons. The van der Waals surface area contributed by atoms with Gasteiger partial charge >= 0.3 is 0 Å². The molecule has 2 amide bonds. The molecule has 0 aliphatic heterocycles. The minimum absolute atomic E-state index is 0.00650. The van der Waals surface area contributed by atoms with Crippen LogP contribution in [0.15, 0.2) is 30.5 Å². The van der Waals surface area contributed by atoms with E-state index in [0.29, 0.717) is 31.2 Å². The largest absolute Gasteiger partial charge is 0.507 e. The number of benzene rings is 1. The molecule has 2 aromatic rings. The number of amides is 2. The van der Waals surface area contributed by atoms with Crippen LogP contribution in [0.1, 0.15) is 52.0 Å². The van der Waals surface area contributed by atoms with Crippen molar-refractivity contribution in [2.45, 2.75) is 44.7 Å². The minimum Gasteiger partial charge on any atom is -0.507 e. The van der Waals surface area contributed by atoms with Crippen molar-refractivity contribution >= 4 is 23.4 Å². The molecule has 6 nitrogen and oxygen atoms in total. The SMILES string of the molecule is Cc1cccc(C(=O)NC2CCC(NC(=O)c3cc(F)cnc3Cl)CC2)c1O. The van der Waals surface area contributed by atoms with Gasteiger partial charge in [0.1, 0.15) is 16.7 Å². The lowest BCUT2D eigenvalue weighted by molar-refractivity contribution is 0.0890. The molecule has 1 aromatic carbocycles. The smallest absolute Gasteiger partial charge is 0.255 e. The Morgan fingerprint density at radius 1 is 1.11 bits per heavy atom. The molecule has 0 bridgehead atoms. The molecule has 0 spiro atoms. The van der Waals surface area contributed by atoms with Crippen molar-refractivity contribution < 1.29 is 19.1 Å². The number of hydrogen-bond acceptors (Lipinski definition) is 4. The Morgan fingerprint density at radius 2 is 1.68 bits per heavy atom. The van der Waals surface area contributed by atoms with Crippen LogP contribution < -0.4 is 10.6 Å². The lowest BCUT2D eigenvalue weighted by atomic mass is 9.90. The first-order valence-electron chi connectivity index (χ1n) is 9.06. The van der Waals surface area contributed by atoms with Gasteiger partial charge < -0.3 is 15.7 Å². The third-order valence-electron chi connectivity index (χ3n) is 4.93. The first kappa shape index (κ1) is 20.1. The summed E-state index contributed by atoms with van der Waals surface area (Å²) in [7, 11) is 0. The molecule has 0 saturated heterocycles. The van der Waals surface area contributed by atoms with E-state index < -0.39 is 11.7 Å². The van der Waals surface area contributed by atoms with Crippen LogP contribution in [0.25, 0.3) is 0 Å². The number of phenols is 1. The number of aromatic hydroxyl groups is 1. The minimum atomic E-state index is -0.625. The molecule has 148 valence electrons. The number of hydrogen-bond donors (Lipinski definition) is 3. The lowest BCUT2D eigenvalue weighted by Crippen LogP contribution is -2.44. The molecular formula is C20H21ClFN3O3. The number of carbonyl (C=O) groups excluding carboxylic acids is 2. The number of rotatable bonds is 4. The van der Waals surface area contributed by atoms with Crippen molar-refractivity contribution in [1.29, 1.82) is 0 Å². The Labute approximate surface area is 167 Å². The van der Waals surface area contributed by atoms with Gasteiger partial charge in [0, 0.05) is 12.1 Å². The predicted molar refractivity (Wildman–Crippen MR) is 103 cm³/mol. The fourth-order valence-corrected chi connectivity index (χ4v) is 3.52. The Hall–Kier alpha value is -2.67. The maximum absolute atomic E-state index is 13.3. The molecule has 1 heterocycles. The Kier molecular flexibility index (Phi) is 6.14. The summed E-state index contributed by atoms with van der Waals surface area (Å²) in [4.78, 5) is 28.3. The zero-order valence-electron chi connectivity index (χ0n) is 15.3. The molecule has 1 fully saturated rings. The van der Waals surface area contributed by atoms with E-state index in [-0.39, 0.29) is 40.0 Å². The molecule has 1 aromatic heterocycles. The number of nitrogens with zero attached hydrogens (tertiary/aromatic N) is 1. The van der Waals surface area contributed by atoms with Crippen molar-refractivity contribution in [3.05, 3.63) is 58.1 Å². The summed E-state index contributed by atoms with van der Waals surface area (Å²) in [5, 5.41) is 15.8. The summed E-state index contributed by atoms with van der Waals surface area (Å²) in [6, 6.07) is 5.97. The van der Waals surface area contributed by atoms with Gasteiger partial charge in [-0.3, -0.25) is 9.59 Å². The molecule has 0 unspecified atom stereocenters. The molecule has 1 saturated carbocycles. The van der Waals surface area contributed by atoms with E-state index in [1.54, 1.807) is 25.1 Å². The van der Waals surface area contributed by atoms with E-state index in [1.165, 1.54) is 0 Å². The van der Waals surface area contributed by atoms with Gasteiger partial charge in [0.05, 0.1) is 17.3 Å². The van der Waals surface area contributed by atoms with Crippen LogP contribution in [0.3, 0.4) is 0 Å². The number of aryl methyl sites for hydroxylation is 1. The van der Waals surface area contributed by atoms with Crippen molar-refractivity contribution in [3.63, 3.8) is 0 Å². The molecule has 1 aliphatic rings. The van der Waals surface area contributed by atoms with Gasteiger partial charge in [-0.05, 0) is 50.3 Å². The normalized spacial score (nSPS) is 19.1. The average molecular weight is 406 g/mol. The summed E-state index contributed by atoms with van der Waals surface area (Å²) in [6.07, 6.45) is 3.64. The van der Waals surface area contributed by atoms with Gasteiger partial charge in [-0.1, -0.05) is 23.7 Å². The summed E-state index contributed by atoms with van der Waals surface area (Å²) in [5.41, 5.74) is 0.903. The molecule has 3 rings (SSSR count). The van der Waals surface area contributed by atoms with Gasteiger partial charge in [0.15, 0.2) is 0 Å². The molecule has 28 heavy (non-hydrogen) atoms. The molecular weight excluding hydrogens is 385 g/mol. The number of phenolic OH excluding ortho intramolecular Hbond substituents is 1. The van der Waals surface area contributed by atoms with E-state index in [1.807, 2.05) is 0 Å². The van der Waals surface area contributed by atoms with E-state index in [4.69, 9.17) is 11.6 Å². The topological polar surface area (TPSA) is 91.3 Å². The van der Waals surface area contributed by atoms with Crippen LogP contribution >= 0.6 is 11.6 Å². The summed E-state index contributed by atoms with van der Waals surface area (Å²) < 4.78 is 13.3. The fraction of sp³-hybridized carbons (Fsp3) is 0.350. The first-order chi connectivity index (χ1) is 13.3. The fourth-order valence-electron chi connectivity index (χ4n) is 3.33. The Balaban J connectivity index is 1.53. The van der Waals surface area contributed by atoms with E-state index in [0.717, 1.165) is 12.3 Å². The van der Waals surface area contributed by atoms with E-state index in [9.17, 15) is 19.1 Å². The zero-order chi connectivity index (χ0) is 20.3. The number of para-hydroxylation sites is 1. The summed E-state index contributed by atoms with van der Waals surface area (Å²) in [5.74, 6) is -1.41. The zero-order valence-corrected chi connectivity index (χ0v) is 16.1. The monoisotopic (exact) mass is 405 g/mol.